The van der Waals surface area contributed by atoms with Crippen molar-refractivity contribution in [3.8, 4) is 0 Å². The Kier molecular flexibility index (Phi) is 1.72. The molecule has 4 nitrogen and oxygen atoms in total. The molecule has 2 bridgehead atoms. The summed E-state index contributed by atoms with van der Waals surface area (Å²) in [6.45, 7) is 0. The van der Waals surface area contributed by atoms with Crippen molar-refractivity contribution in [1.82, 2.24) is 10.7 Å². The molecule has 2 saturated carbocycles. The lowest BCUT2D eigenvalue weighted by Gasteiger charge is -2.27. The zero-order valence-electron chi connectivity index (χ0n) is 7.10. The Morgan fingerprint density at radius 2 is 2.08 bits per heavy atom. The molecule has 2 rings (SSSR count). The van der Waals surface area contributed by atoms with Gasteiger partial charge in [-0.05, 0) is 38.0 Å². The SMILES string of the molecule is NNC(=O)NC12CCC(CC1)C2. The van der Waals surface area contributed by atoms with Crippen LogP contribution in [-0.4, -0.2) is 11.6 Å². The first-order valence-electron chi connectivity index (χ1n) is 4.53. The normalized spacial score (nSPS) is 38.2. The number of carbonyl (C=O) groups is 1. The van der Waals surface area contributed by atoms with E-state index in [2.05, 4.69) is 10.7 Å². The molecule has 0 heterocycles. The van der Waals surface area contributed by atoms with Crippen molar-refractivity contribution in [3.05, 3.63) is 0 Å². The predicted octanol–water partition coefficient (Wildman–Crippen LogP) is 0.492. The van der Waals surface area contributed by atoms with E-state index < -0.39 is 0 Å². The molecule has 2 amide bonds. The van der Waals surface area contributed by atoms with Gasteiger partial charge in [-0.15, -0.1) is 0 Å². The Morgan fingerprint density at radius 1 is 1.42 bits per heavy atom. The minimum absolute atomic E-state index is 0.0914. The van der Waals surface area contributed by atoms with E-state index in [1.165, 1.54) is 12.8 Å². The summed E-state index contributed by atoms with van der Waals surface area (Å²) in [5, 5.41) is 2.96. The van der Waals surface area contributed by atoms with Gasteiger partial charge in [-0.3, -0.25) is 5.43 Å². The Morgan fingerprint density at radius 3 is 2.50 bits per heavy atom. The van der Waals surface area contributed by atoms with Gasteiger partial charge in [0.25, 0.3) is 0 Å². The molecule has 0 saturated heterocycles. The van der Waals surface area contributed by atoms with Gasteiger partial charge in [0.05, 0.1) is 0 Å². The zero-order valence-corrected chi connectivity index (χ0v) is 7.10. The molecule has 4 heteroatoms. The number of hydrogen-bond donors (Lipinski definition) is 3. The molecular formula is C8H15N3O. The van der Waals surface area contributed by atoms with Gasteiger partial charge in [0.2, 0.25) is 0 Å². The standard InChI is InChI=1S/C8H15N3O/c9-11-7(12)10-8-3-1-6(5-8)2-4-8/h6H,1-5,9H2,(H2,10,11,12). The van der Waals surface area contributed by atoms with E-state index in [0.29, 0.717) is 0 Å². The van der Waals surface area contributed by atoms with Gasteiger partial charge in [0, 0.05) is 5.54 Å². The zero-order chi connectivity index (χ0) is 8.60. The lowest BCUT2D eigenvalue weighted by atomic mass is 9.94. The van der Waals surface area contributed by atoms with Crippen LogP contribution in [0.25, 0.3) is 0 Å². The molecule has 68 valence electrons. The Balaban J connectivity index is 1.98. The first-order valence-corrected chi connectivity index (χ1v) is 4.53. The number of carbonyl (C=O) groups excluding carboxylic acids is 1. The van der Waals surface area contributed by atoms with Gasteiger partial charge in [0.15, 0.2) is 0 Å². The van der Waals surface area contributed by atoms with Crippen LogP contribution in [0.3, 0.4) is 0 Å². The first kappa shape index (κ1) is 7.86. The molecule has 0 unspecified atom stereocenters. The van der Waals surface area contributed by atoms with Gasteiger partial charge in [0.1, 0.15) is 0 Å². The van der Waals surface area contributed by atoms with Crippen LogP contribution in [0.5, 0.6) is 0 Å². The molecule has 0 aromatic heterocycles. The number of hydrogen-bond acceptors (Lipinski definition) is 2. The van der Waals surface area contributed by atoms with Crippen LogP contribution in [0.15, 0.2) is 0 Å². The third-order valence-electron chi connectivity index (χ3n) is 3.25. The van der Waals surface area contributed by atoms with Gasteiger partial charge >= 0.3 is 6.03 Å². The predicted molar refractivity (Wildman–Crippen MR) is 45.2 cm³/mol. The van der Waals surface area contributed by atoms with Crippen LogP contribution in [0.1, 0.15) is 32.1 Å². The quantitative estimate of drug-likeness (QED) is 0.304. The second-order valence-electron chi connectivity index (χ2n) is 4.03. The number of amides is 2. The third-order valence-corrected chi connectivity index (χ3v) is 3.25. The van der Waals surface area contributed by atoms with E-state index >= 15 is 0 Å². The fourth-order valence-corrected chi connectivity index (χ4v) is 2.64. The fourth-order valence-electron chi connectivity index (χ4n) is 2.64. The molecule has 0 radical (unpaired) electrons. The summed E-state index contributed by atoms with van der Waals surface area (Å²) in [4.78, 5) is 11.0. The molecule has 0 aromatic carbocycles. The van der Waals surface area contributed by atoms with Crippen LogP contribution in [0, 0.1) is 5.92 Å². The minimum Gasteiger partial charge on any atom is -0.332 e. The van der Waals surface area contributed by atoms with Crippen molar-refractivity contribution in [2.75, 3.05) is 0 Å². The summed E-state index contributed by atoms with van der Waals surface area (Å²) in [6.07, 6.45) is 5.95. The number of rotatable bonds is 1. The largest absolute Gasteiger partial charge is 0.332 e. The Hall–Kier alpha value is -0.770. The van der Waals surface area contributed by atoms with Crippen LogP contribution in [-0.2, 0) is 0 Å². The van der Waals surface area contributed by atoms with E-state index in [0.717, 1.165) is 25.2 Å². The van der Waals surface area contributed by atoms with Crippen molar-refractivity contribution in [2.24, 2.45) is 11.8 Å². The maximum absolute atomic E-state index is 11.0. The molecular weight excluding hydrogens is 154 g/mol. The average Bonchev–Trinajstić information content (AvgIpc) is 2.63. The topological polar surface area (TPSA) is 67.1 Å². The highest BCUT2D eigenvalue weighted by Crippen LogP contribution is 2.47. The Bertz CT molecular complexity index is 196. The van der Waals surface area contributed by atoms with Gasteiger partial charge in [-0.1, -0.05) is 0 Å². The van der Waals surface area contributed by atoms with Crippen molar-refractivity contribution in [2.45, 2.75) is 37.6 Å². The van der Waals surface area contributed by atoms with Crippen molar-refractivity contribution in [3.63, 3.8) is 0 Å². The summed E-state index contributed by atoms with van der Waals surface area (Å²) in [5.41, 5.74) is 2.21. The summed E-state index contributed by atoms with van der Waals surface area (Å²) in [6, 6.07) is -0.238. The van der Waals surface area contributed by atoms with Crippen molar-refractivity contribution < 1.29 is 4.79 Å². The van der Waals surface area contributed by atoms with E-state index in [-0.39, 0.29) is 11.6 Å². The third kappa shape index (κ3) is 1.16. The van der Waals surface area contributed by atoms with Crippen LogP contribution >= 0.6 is 0 Å². The first-order chi connectivity index (χ1) is 5.74. The fraction of sp³-hybridized carbons (Fsp3) is 0.875. The molecule has 0 aromatic rings. The maximum Gasteiger partial charge on any atom is 0.329 e. The van der Waals surface area contributed by atoms with Crippen molar-refractivity contribution >= 4 is 6.03 Å². The number of urea groups is 1. The monoisotopic (exact) mass is 169 g/mol. The summed E-state index contributed by atoms with van der Waals surface area (Å²) in [7, 11) is 0. The lowest BCUT2D eigenvalue weighted by Crippen LogP contribution is -2.51. The van der Waals surface area contributed by atoms with Gasteiger partial charge < -0.3 is 5.32 Å². The van der Waals surface area contributed by atoms with E-state index in [9.17, 15) is 4.79 Å². The highest BCUT2D eigenvalue weighted by atomic mass is 16.2. The molecule has 0 aliphatic heterocycles. The van der Waals surface area contributed by atoms with E-state index in [1.807, 2.05) is 0 Å². The summed E-state index contributed by atoms with van der Waals surface area (Å²) >= 11 is 0. The summed E-state index contributed by atoms with van der Waals surface area (Å²) in [5.74, 6) is 5.87. The van der Waals surface area contributed by atoms with Gasteiger partial charge in [-0.25, -0.2) is 10.6 Å². The molecule has 2 aliphatic rings. The average molecular weight is 169 g/mol. The van der Waals surface area contributed by atoms with E-state index in [4.69, 9.17) is 5.84 Å². The highest BCUT2D eigenvalue weighted by Gasteiger charge is 2.45. The number of fused-ring (bicyclic) bond motifs is 2. The highest BCUT2D eigenvalue weighted by molar-refractivity contribution is 5.74. The maximum atomic E-state index is 11.0. The molecule has 2 aliphatic carbocycles. The summed E-state index contributed by atoms with van der Waals surface area (Å²) < 4.78 is 0. The number of nitrogens with two attached hydrogens (primary N) is 1. The minimum atomic E-state index is -0.238. The number of nitrogens with one attached hydrogen (secondary N) is 2. The van der Waals surface area contributed by atoms with Crippen LogP contribution in [0.2, 0.25) is 0 Å². The van der Waals surface area contributed by atoms with Crippen LogP contribution in [0.4, 0.5) is 4.79 Å². The van der Waals surface area contributed by atoms with Crippen LogP contribution < -0.4 is 16.6 Å². The lowest BCUT2D eigenvalue weighted by molar-refractivity contribution is 0.224. The molecule has 0 atom stereocenters. The molecule has 2 fully saturated rings. The molecule has 4 N–H and O–H groups in total. The Labute approximate surface area is 71.9 Å². The second kappa shape index (κ2) is 2.62. The number of hydrazine groups is 1. The molecule has 12 heavy (non-hydrogen) atoms. The van der Waals surface area contributed by atoms with E-state index in [1.54, 1.807) is 0 Å². The molecule has 0 spiro atoms. The smallest absolute Gasteiger partial charge is 0.329 e. The van der Waals surface area contributed by atoms with Crippen molar-refractivity contribution in [1.29, 1.82) is 0 Å². The second-order valence-corrected chi connectivity index (χ2v) is 4.03. The van der Waals surface area contributed by atoms with Gasteiger partial charge in [-0.2, -0.15) is 0 Å².